The van der Waals surface area contributed by atoms with Crippen LogP contribution in [0.3, 0.4) is 0 Å². The quantitative estimate of drug-likeness (QED) is 0.538. The lowest BCUT2D eigenvalue weighted by molar-refractivity contribution is 0.141. The maximum atomic E-state index is 4.22. The fourth-order valence-corrected chi connectivity index (χ4v) is 8.62. The van der Waals surface area contributed by atoms with E-state index in [9.17, 15) is 0 Å². The van der Waals surface area contributed by atoms with Gasteiger partial charge in [-0.2, -0.15) is 0 Å². The smallest absolute Gasteiger partial charge is 0.0345 e. The molecule has 0 spiro atoms. The first-order chi connectivity index (χ1) is 13.3. The van der Waals surface area contributed by atoms with Gasteiger partial charge in [-0.1, -0.05) is 54.7 Å². The van der Waals surface area contributed by atoms with Crippen LogP contribution in [-0.2, 0) is 0 Å². The van der Waals surface area contributed by atoms with E-state index in [1.165, 1.54) is 24.0 Å². The Morgan fingerprint density at radius 3 is 2.30 bits per heavy atom. The Morgan fingerprint density at radius 2 is 1.52 bits per heavy atom. The number of hydrogen-bond acceptors (Lipinski definition) is 0. The second kappa shape index (κ2) is 4.85. The van der Waals surface area contributed by atoms with E-state index in [0.717, 1.165) is 35.5 Å². The minimum absolute atomic E-state index is 0.519. The molecule has 134 valence electrons. The van der Waals surface area contributed by atoms with Crippen LogP contribution in [0.2, 0.25) is 0 Å². The predicted molar refractivity (Wildman–Crippen MR) is 111 cm³/mol. The molecule has 0 nitrogen and oxygen atoms in total. The third-order valence-electron chi connectivity index (χ3n) is 9.21. The minimum atomic E-state index is 0.519. The second-order valence-electron chi connectivity index (χ2n) is 9.75. The van der Waals surface area contributed by atoms with E-state index < -0.39 is 0 Å². The Bertz CT molecular complexity index is 974. The van der Waals surface area contributed by atoms with Gasteiger partial charge < -0.3 is 0 Å². The molecule has 3 fully saturated rings. The van der Waals surface area contributed by atoms with E-state index in [1.54, 1.807) is 16.7 Å². The summed E-state index contributed by atoms with van der Waals surface area (Å²) in [5, 5.41) is 0. The molecule has 0 aromatic carbocycles. The van der Waals surface area contributed by atoms with Crippen LogP contribution in [0.1, 0.15) is 12.8 Å². The van der Waals surface area contributed by atoms with Gasteiger partial charge in [0.25, 0.3) is 0 Å². The van der Waals surface area contributed by atoms with Crippen LogP contribution < -0.4 is 0 Å². The highest BCUT2D eigenvalue weighted by Crippen LogP contribution is 2.73. The lowest BCUT2D eigenvalue weighted by Crippen LogP contribution is -2.35. The molecule has 0 aromatic heterocycles. The van der Waals surface area contributed by atoms with Crippen molar-refractivity contribution >= 4 is 0 Å². The van der Waals surface area contributed by atoms with Gasteiger partial charge in [0.15, 0.2) is 0 Å². The number of hydrogen-bond donors (Lipinski definition) is 0. The zero-order valence-corrected chi connectivity index (χ0v) is 15.7. The molecule has 0 heteroatoms. The van der Waals surface area contributed by atoms with E-state index in [2.05, 4.69) is 67.8 Å². The molecule has 7 aliphatic carbocycles. The molecule has 9 atom stereocenters. The molecular formula is C27H26. The molecule has 27 heavy (non-hydrogen) atoms. The molecule has 9 unspecified atom stereocenters. The number of allylic oxidation sites excluding steroid dienone is 14. The average Bonchev–Trinajstić information content (AvgIpc) is 3.43. The first-order valence-corrected chi connectivity index (χ1v) is 10.8. The summed E-state index contributed by atoms with van der Waals surface area (Å²) in [6.45, 7) is 8.44. The van der Waals surface area contributed by atoms with Gasteiger partial charge in [-0.3, -0.25) is 0 Å². The average molecular weight is 351 g/mol. The van der Waals surface area contributed by atoms with Crippen molar-refractivity contribution in [3.8, 4) is 0 Å². The van der Waals surface area contributed by atoms with Crippen molar-refractivity contribution in [3.05, 3.63) is 95.7 Å². The van der Waals surface area contributed by atoms with Crippen molar-refractivity contribution in [3.63, 3.8) is 0 Å². The lowest BCUT2D eigenvalue weighted by Gasteiger charge is -2.39. The Hall–Kier alpha value is -2.08. The third-order valence-corrected chi connectivity index (χ3v) is 9.21. The standard InChI is InChI=1S/C27H26/c1-3-14-12-15(4-2)24-21-13-20(23(14)24)26-18-10-8-16-6-5-7-17-9-11-19(27(21)26)25(18)22(16)17/h3-11,14-15,20-24,26-27H,1-2,12-13H2. The molecule has 0 heterocycles. The van der Waals surface area contributed by atoms with Crippen LogP contribution in [0.25, 0.3) is 0 Å². The maximum Gasteiger partial charge on any atom is 0.0345 e. The summed E-state index contributed by atoms with van der Waals surface area (Å²) in [6.07, 6.45) is 24.0. The van der Waals surface area contributed by atoms with Gasteiger partial charge >= 0.3 is 0 Å². The zero-order valence-electron chi connectivity index (χ0n) is 15.7. The van der Waals surface area contributed by atoms with Crippen LogP contribution >= 0.6 is 0 Å². The summed E-state index contributed by atoms with van der Waals surface area (Å²) < 4.78 is 0. The fourth-order valence-electron chi connectivity index (χ4n) is 8.62. The summed E-state index contributed by atoms with van der Waals surface area (Å²) in [7, 11) is 0. The zero-order chi connectivity index (χ0) is 17.9. The van der Waals surface area contributed by atoms with Crippen molar-refractivity contribution < 1.29 is 0 Å². The summed E-state index contributed by atoms with van der Waals surface area (Å²) in [5.74, 6) is 6.83. The Morgan fingerprint density at radius 1 is 0.778 bits per heavy atom. The van der Waals surface area contributed by atoms with Crippen molar-refractivity contribution in [1.82, 2.24) is 0 Å². The molecule has 0 aliphatic heterocycles. The monoisotopic (exact) mass is 350 g/mol. The Kier molecular flexibility index (Phi) is 2.68. The summed E-state index contributed by atoms with van der Waals surface area (Å²) >= 11 is 0. The third kappa shape index (κ3) is 1.56. The molecule has 7 aliphatic rings. The Labute approximate surface area is 162 Å². The highest BCUT2D eigenvalue weighted by molar-refractivity contribution is 5.68. The van der Waals surface area contributed by atoms with Crippen LogP contribution in [0.4, 0.5) is 0 Å². The van der Waals surface area contributed by atoms with Gasteiger partial charge in [0.05, 0.1) is 0 Å². The van der Waals surface area contributed by atoms with Gasteiger partial charge in [0, 0.05) is 5.92 Å². The second-order valence-corrected chi connectivity index (χ2v) is 9.75. The molecule has 3 saturated carbocycles. The van der Waals surface area contributed by atoms with Crippen LogP contribution in [0, 0.1) is 53.3 Å². The minimum Gasteiger partial charge on any atom is -0.103 e. The topological polar surface area (TPSA) is 0 Å². The predicted octanol–water partition coefficient (Wildman–Crippen LogP) is 5.97. The van der Waals surface area contributed by atoms with Crippen molar-refractivity contribution in [2.75, 3.05) is 0 Å². The van der Waals surface area contributed by atoms with Crippen molar-refractivity contribution in [2.24, 2.45) is 53.3 Å². The summed E-state index contributed by atoms with van der Waals surface area (Å²) in [4.78, 5) is 0. The lowest BCUT2D eigenvalue weighted by atomic mass is 9.65. The van der Waals surface area contributed by atoms with E-state index >= 15 is 0 Å². The Balaban J connectivity index is 1.40. The SMILES string of the molecule is C=CC1CC(C=C)C2C3CC(C4C5=CC=C6C=CC=C7C=CC(=C5C76)C34)C12. The molecule has 0 aromatic rings. The van der Waals surface area contributed by atoms with Crippen LogP contribution in [0.5, 0.6) is 0 Å². The van der Waals surface area contributed by atoms with Crippen LogP contribution in [-0.4, -0.2) is 0 Å². The van der Waals surface area contributed by atoms with Crippen molar-refractivity contribution in [2.45, 2.75) is 12.8 Å². The first kappa shape index (κ1) is 14.9. The van der Waals surface area contributed by atoms with E-state index in [0.29, 0.717) is 17.8 Å². The maximum absolute atomic E-state index is 4.22. The van der Waals surface area contributed by atoms with E-state index in [1.807, 2.05) is 0 Å². The normalized spacial score (nSPS) is 49.3. The summed E-state index contributed by atoms with van der Waals surface area (Å²) in [5.41, 5.74) is 8.08. The van der Waals surface area contributed by atoms with Crippen molar-refractivity contribution in [1.29, 1.82) is 0 Å². The van der Waals surface area contributed by atoms with Gasteiger partial charge in [-0.25, -0.2) is 0 Å². The molecule has 0 radical (unpaired) electrons. The van der Waals surface area contributed by atoms with Crippen LogP contribution in [0.15, 0.2) is 95.7 Å². The molecule has 0 saturated heterocycles. The molecular weight excluding hydrogens is 324 g/mol. The highest BCUT2D eigenvalue weighted by Gasteiger charge is 2.66. The van der Waals surface area contributed by atoms with Gasteiger partial charge in [-0.05, 0) is 88.1 Å². The number of rotatable bonds is 2. The van der Waals surface area contributed by atoms with E-state index in [4.69, 9.17) is 0 Å². The molecule has 0 N–H and O–H groups in total. The molecule has 2 bridgehead atoms. The summed E-state index contributed by atoms with van der Waals surface area (Å²) in [6, 6.07) is 0. The van der Waals surface area contributed by atoms with Gasteiger partial charge in [0.2, 0.25) is 0 Å². The molecule has 0 amide bonds. The van der Waals surface area contributed by atoms with Gasteiger partial charge in [-0.15, -0.1) is 13.2 Å². The molecule has 7 rings (SSSR count). The largest absolute Gasteiger partial charge is 0.103 e. The highest BCUT2D eigenvalue weighted by atomic mass is 14.7. The number of fused-ring (bicyclic) bond motifs is 10. The fraction of sp³-hybridized carbons (Fsp3) is 0.407. The first-order valence-electron chi connectivity index (χ1n) is 10.8. The van der Waals surface area contributed by atoms with Gasteiger partial charge in [0.1, 0.15) is 0 Å². The van der Waals surface area contributed by atoms with E-state index in [-0.39, 0.29) is 0 Å².